The molecule has 19 heavy (non-hydrogen) atoms. The maximum absolute atomic E-state index is 12.6. The highest BCUT2D eigenvalue weighted by molar-refractivity contribution is 5.47. The minimum atomic E-state index is -4.66. The molecule has 0 amide bonds. The number of aliphatic hydroxyl groups is 1. The number of nitrogens with zero attached hydrogens (tertiary/aromatic N) is 2. The molecule has 0 aliphatic rings. The quantitative estimate of drug-likeness (QED) is 0.480. The number of aromatic nitrogens is 2. The standard InChI is InChI=1S/C10H16F3N5O/c1-5(3-6(2)19)15-7-4-8(18-14)17-9(16-7)10(11,12)13/h4-6,19H,3,14H2,1-2H3,(H2,15,16,17,18). The Morgan fingerprint density at radius 3 is 2.37 bits per heavy atom. The molecule has 0 bridgehead atoms. The lowest BCUT2D eigenvalue weighted by molar-refractivity contribution is -0.144. The van der Waals surface area contributed by atoms with E-state index in [0.717, 1.165) is 0 Å². The molecule has 0 aromatic carbocycles. The summed E-state index contributed by atoms with van der Waals surface area (Å²) in [6.07, 6.45) is -4.85. The first-order valence-electron chi connectivity index (χ1n) is 5.60. The number of hydrogen-bond acceptors (Lipinski definition) is 6. The Morgan fingerprint density at radius 1 is 1.32 bits per heavy atom. The minimum Gasteiger partial charge on any atom is -0.393 e. The van der Waals surface area contributed by atoms with E-state index in [4.69, 9.17) is 5.84 Å². The van der Waals surface area contributed by atoms with Gasteiger partial charge in [-0.05, 0) is 20.3 Å². The predicted octanol–water partition coefficient (Wildman–Crippen LogP) is 1.35. The first kappa shape index (κ1) is 15.4. The number of hydrazine groups is 1. The van der Waals surface area contributed by atoms with Crippen LogP contribution in [0.5, 0.6) is 0 Å². The second-order valence-corrected chi connectivity index (χ2v) is 4.23. The van der Waals surface area contributed by atoms with E-state index < -0.39 is 18.1 Å². The van der Waals surface area contributed by atoms with Crippen molar-refractivity contribution in [3.63, 3.8) is 0 Å². The third kappa shape index (κ3) is 4.87. The number of nitrogens with two attached hydrogens (primary N) is 1. The maximum Gasteiger partial charge on any atom is 0.451 e. The highest BCUT2D eigenvalue weighted by Crippen LogP contribution is 2.28. The Bertz CT molecular complexity index is 424. The fraction of sp³-hybridized carbons (Fsp3) is 0.600. The van der Waals surface area contributed by atoms with E-state index in [1.54, 1.807) is 13.8 Å². The molecule has 6 nitrogen and oxygen atoms in total. The van der Waals surface area contributed by atoms with Gasteiger partial charge in [0.25, 0.3) is 0 Å². The number of alkyl halides is 3. The van der Waals surface area contributed by atoms with Gasteiger partial charge in [-0.3, -0.25) is 0 Å². The molecule has 0 aliphatic carbocycles. The SMILES string of the molecule is CC(O)CC(C)Nc1cc(NN)nc(C(F)(F)F)n1. The number of nitrogen functional groups attached to an aromatic ring is 1. The lowest BCUT2D eigenvalue weighted by Crippen LogP contribution is -2.23. The highest BCUT2D eigenvalue weighted by atomic mass is 19.4. The van der Waals surface area contributed by atoms with Gasteiger partial charge in [0.1, 0.15) is 11.6 Å². The van der Waals surface area contributed by atoms with Crippen molar-refractivity contribution in [2.45, 2.75) is 38.6 Å². The molecule has 2 atom stereocenters. The smallest absolute Gasteiger partial charge is 0.393 e. The topological polar surface area (TPSA) is 96.1 Å². The van der Waals surface area contributed by atoms with Gasteiger partial charge in [-0.2, -0.15) is 13.2 Å². The summed E-state index contributed by atoms with van der Waals surface area (Å²) >= 11 is 0. The van der Waals surface area contributed by atoms with Crippen LogP contribution in [-0.4, -0.2) is 27.2 Å². The molecule has 5 N–H and O–H groups in total. The lowest BCUT2D eigenvalue weighted by Gasteiger charge is -2.17. The van der Waals surface area contributed by atoms with E-state index in [1.165, 1.54) is 6.07 Å². The minimum absolute atomic E-state index is 0.0107. The molecular weight excluding hydrogens is 263 g/mol. The van der Waals surface area contributed by atoms with Crippen LogP contribution in [-0.2, 0) is 6.18 Å². The van der Waals surface area contributed by atoms with E-state index in [9.17, 15) is 18.3 Å². The Labute approximate surface area is 108 Å². The van der Waals surface area contributed by atoms with Gasteiger partial charge in [0.05, 0.1) is 6.10 Å². The molecule has 0 aliphatic heterocycles. The second-order valence-electron chi connectivity index (χ2n) is 4.23. The molecule has 9 heteroatoms. The van der Waals surface area contributed by atoms with Crippen molar-refractivity contribution in [2.75, 3.05) is 10.7 Å². The summed E-state index contributed by atoms with van der Waals surface area (Å²) in [7, 11) is 0. The first-order chi connectivity index (χ1) is 8.72. The van der Waals surface area contributed by atoms with E-state index in [-0.39, 0.29) is 17.7 Å². The Kier molecular flexibility index (Phi) is 4.90. The van der Waals surface area contributed by atoms with Gasteiger partial charge in [-0.25, -0.2) is 15.8 Å². The van der Waals surface area contributed by atoms with Gasteiger partial charge in [0, 0.05) is 12.1 Å². The molecule has 2 unspecified atom stereocenters. The summed E-state index contributed by atoms with van der Waals surface area (Å²) in [5, 5.41) is 12.0. The van der Waals surface area contributed by atoms with E-state index in [0.29, 0.717) is 6.42 Å². The number of hydrogen-bond donors (Lipinski definition) is 4. The molecule has 1 rings (SSSR count). The third-order valence-electron chi connectivity index (χ3n) is 2.22. The van der Waals surface area contributed by atoms with Gasteiger partial charge in [-0.15, -0.1) is 0 Å². The van der Waals surface area contributed by atoms with Crippen molar-refractivity contribution in [3.05, 3.63) is 11.9 Å². The average molecular weight is 279 g/mol. The monoisotopic (exact) mass is 279 g/mol. The number of anilines is 2. The molecule has 1 heterocycles. The number of halogens is 3. The van der Waals surface area contributed by atoms with E-state index in [1.807, 2.05) is 0 Å². The van der Waals surface area contributed by atoms with Gasteiger partial charge in [0.15, 0.2) is 0 Å². The zero-order chi connectivity index (χ0) is 14.6. The molecule has 0 fully saturated rings. The van der Waals surface area contributed by atoms with Crippen LogP contribution < -0.4 is 16.6 Å². The Hall–Kier alpha value is -1.61. The van der Waals surface area contributed by atoms with Crippen LogP contribution in [0.25, 0.3) is 0 Å². The first-order valence-corrected chi connectivity index (χ1v) is 5.60. The van der Waals surface area contributed by atoms with Crippen molar-refractivity contribution in [3.8, 4) is 0 Å². The fourth-order valence-corrected chi connectivity index (χ4v) is 1.54. The zero-order valence-corrected chi connectivity index (χ0v) is 10.5. The predicted molar refractivity (Wildman–Crippen MR) is 64.2 cm³/mol. The van der Waals surface area contributed by atoms with Gasteiger partial charge >= 0.3 is 6.18 Å². The average Bonchev–Trinajstić information content (AvgIpc) is 2.25. The molecule has 1 aromatic heterocycles. The van der Waals surface area contributed by atoms with Crippen molar-refractivity contribution >= 4 is 11.6 Å². The van der Waals surface area contributed by atoms with Crippen LogP contribution in [0.2, 0.25) is 0 Å². The van der Waals surface area contributed by atoms with Crippen LogP contribution >= 0.6 is 0 Å². The van der Waals surface area contributed by atoms with E-state index in [2.05, 4.69) is 20.7 Å². The molecule has 0 saturated heterocycles. The van der Waals surface area contributed by atoms with Gasteiger partial charge in [0.2, 0.25) is 5.82 Å². The van der Waals surface area contributed by atoms with Crippen LogP contribution in [0, 0.1) is 0 Å². The number of aliphatic hydroxyl groups excluding tert-OH is 1. The lowest BCUT2D eigenvalue weighted by atomic mass is 10.1. The fourth-order valence-electron chi connectivity index (χ4n) is 1.54. The van der Waals surface area contributed by atoms with Crippen molar-refractivity contribution in [1.29, 1.82) is 0 Å². The van der Waals surface area contributed by atoms with Gasteiger partial charge < -0.3 is 15.8 Å². The highest BCUT2D eigenvalue weighted by Gasteiger charge is 2.35. The molecule has 0 radical (unpaired) electrons. The largest absolute Gasteiger partial charge is 0.451 e. The van der Waals surface area contributed by atoms with Crippen LogP contribution in [0.4, 0.5) is 24.8 Å². The van der Waals surface area contributed by atoms with Crippen LogP contribution in [0.3, 0.4) is 0 Å². The van der Waals surface area contributed by atoms with Crippen molar-refractivity contribution < 1.29 is 18.3 Å². The molecular formula is C10H16F3N5O. The van der Waals surface area contributed by atoms with Crippen LogP contribution in [0.1, 0.15) is 26.1 Å². The van der Waals surface area contributed by atoms with Crippen LogP contribution in [0.15, 0.2) is 6.07 Å². The number of rotatable bonds is 5. The van der Waals surface area contributed by atoms with Crippen molar-refractivity contribution in [2.24, 2.45) is 5.84 Å². The maximum atomic E-state index is 12.6. The summed E-state index contributed by atoms with van der Waals surface area (Å²) in [5.41, 5.74) is 2.05. The summed E-state index contributed by atoms with van der Waals surface area (Å²) in [6, 6.07) is 1.01. The normalized spacial score (nSPS) is 14.9. The summed E-state index contributed by atoms with van der Waals surface area (Å²) < 4.78 is 37.7. The molecule has 108 valence electrons. The zero-order valence-electron chi connectivity index (χ0n) is 10.5. The van der Waals surface area contributed by atoms with Gasteiger partial charge in [-0.1, -0.05) is 0 Å². The van der Waals surface area contributed by atoms with Crippen molar-refractivity contribution in [1.82, 2.24) is 9.97 Å². The molecule has 0 saturated carbocycles. The second kappa shape index (κ2) is 6.02. The summed E-state index contributed by atoms with van der Waals surface area (Å²) in [5.74, 6) is 3.63. The summed E-state index contributed by atoms with van der Waals surface area (Å²) in [4.78, 5) is 6.61. The third-order valence-corrected chi connectivity index (χ3v) is 2.22. The Balaban J connectivity index is 2.94. The molecule has 1 aromatic rings. The van der Waals surface area contributed by atoms with E-state index >= 15 is 0 Å². The molecule has 0 spiro atoms. The summed E-state index contributed by atoms with van der Waals surface area (Å²) in [6.45, 7) is 3.31. The Morgan fingerprint density at radius 2 is 1.89 bits per heavy atom. The number of nitrogens with one attached hydrogen (secondary N) is 2.